The summed E-state index contributed by atoms with van der Waals surface area (Å²) in [5.74, 6) is -0.00709. The normalized spacial score (nSPS) is 10.1. The number of amides is 4. The zero-order valence-electron chi connectivity index (χ0n) is 69.0. The summed E-state index contributed by atoms with van der Waals surface area (Å²) in [6.07, 6.45) is 20.5. The molecule has 0 aromatic heterocycles. The maximum absolute atomic E-state index is 12.3. The number of nitrogens with zero attached hydrogens (tertiary/aromatic N) is 2. The van der Waals surface area contributed by atoms with E-state index < -0.39 is 35.3 Å². The summed E-state index contributed by atoms with van der Waals surface area (Å²) in [4.78, 5) is 198. The van der Waals surface area contributed by atoms with E-state index in [1.54, 1.807) is 54.2 Å². The fourth-order valence-electron chi connectivity index (χ4n) is 6.48. The van der Waals surface area contributed by atoms with Crippen LogP contribution in [0.2, 0.25) is 0 Å². The quantitative estimate of drug-likeness (QED) is 0.0194. The summed E-state index contributed by atoms with van der Waals surface area (Å²) in [6, 6.07) is 0. The Kier molecular flexibility index (Phi) is 210. The van der Waals surface area contributed by atoms with Gasteiger partial charge in [0, 0.05) is 492 Å². The second-order valence-corrected chi connectivity index (χ2v) is 19.5. The van der Waals surface area contributed by atoms with Gasteiger partial charge in [-0.2, -0.15) is 33.3 Å². The molecule has 20 nitrogen and oxygen atoms in total. The minimum Gasteiger partial charge on any atom is -0.542 e. The van der Waals surface area contributed by atoms with E-state index in [2.05, 4.69) is 46.5 Å². The summed E-state index contributed by atoms with van der Waals surface area (Å²) >= 11 is 0. The molecule has 0 aromatic carbocycles. The van der Waals surface area contributed by atoms with E-state index in [-0.39, 0.29) is 571 Å². The Hall–Kier alpha value is 5.49. The van der Waals surface area contributed by atoms with E-state index in [1.165, 1.54) is 18.9 Å². The van der Waals surface area contributed by atoms with Crippen molar-refractivity contribution in [2.45, 2.75) is 199 Å². The number of hydrogen-bond donors (Lipinski definition) is 0. The van der Waals surface area contributed by atoms with Crippen LogP contribution in [-0.2, 0) is 512 Å². The summed E-state index contributed by atoms with van der Waals surface area (Å²) in [5.41, 5.74) is 1.54. The van der Waals surface area contributed by atoms with Gasteiger partial charge in [0.25, 0.3) is 23.6 Å². The first-order chi connectivity index (χ1) is 42.1. The molecule has 2 aliphatic heterocycles. The van der Waals surface area contributed by atoms with Gasteiger partial charge in [0.05, 0.1) is 0 Å². The minimum absolute atomic E-state index is 0. The van der Waals surface area contributed by atoms with E-state index in [9.17, 15) is 81.5 Å². The Bertz CT molecular complexity index is 2630. The van der Waals surface area contributed by atoms with Crippen molar-refractivity contribution in [1.29, 1.82) is 0 Å². The molecule has 0 N–H and O–H groups in total. The molecular formula is C76H115N2O18Y13-12. The van der Waals surface area contributed by atoms with Crippen LogP contribution in [0.15, 0.2) is 47.1 Å². The maximum Gasteiger partial charge on any atom is 3.00 e. The zero-order chi connectivity index (χ0) is 71.1. The number of carbonyl (C=O) groups is 17. The average molecular weight is 2500 g/mol. The summed E-state index contributed by atoms with van der Waals surface area (Å²) in [7, 11) is 0. The van der Waals surface area contributed by atoms with Crippen LogP contribution in [0.25, 0.3) is 0 Å². The van der Waals surface area contributed by atoms with Gasteiger partial charge in [0.15, 0.2) is 5.78 Å². The predicted octanol–water partition coefficient (Wildman–Crippen LogP) is 12.1. The molecule has 2 heterocycles. The number of imide groups is 2. The number of carbonyl (C=O) groups excluding carboxylic acids is 18. The monoisotopic (exact) mass is 2500 g/mol. The second kappa shape index (κ2) is 124. The fraction of sp³-hybridized carbons (Fsp3) is 0.447. The van der Waals surface area contributed by atoms with E-state index in [0.717, 1.165) is 66.2 Å². The molecule has 2 rings (SSSR count). The molecule has 0 unspecified atom stereocenters. The summed E-state index contributed by atoms with van der Waals surface area (Å²) < 4.78 is 0. The molecule has 12 radical (unpaired) electrons. The number of rotatable bonds is 33. The van der Waals surface area contributed by atoms with Gasteiger partial charge in [-0.15, -0.1) is 30.6 Å². The van der Waals surface area contributed by atoms with Crippen LogP contribution in [-0.4, -0.2) is 128 Å². The molecular weight excluding hydrogens is 2380 g/mol. The van der Waals surface area contributed by atoms with Crippen molar-refractivity contribution >= 4 is 105 Å². The second-order valence-electron chi connectivity index (χ2n) is 19.5. The fourth-order valence-corrected chi connectivity index (χ4v) is 6.48. The third kappa shape index (κ3) is 116. The molecule has 0 saturated heterocycles. The van der Waals surface area contributed by atoms with Gasteiger partial charge in [0.1, 0.15) is 28.9 Å². The van der Waals surface area contributed by atoms with Crippen molar-refractivity contribution in [3.05, 3.63) is 146 Å². The number of ketones is 13. The van der Waals surface area contributed by atoms with Crippen LogP contribution in [0, 0.1) is 122 Å². The molecule has 4 amide bonds. The number of hydrogen-bond acceptors (Lipinski definition) is 18. The molecule has 109 heavy (non-hydrogen) atoms. The molecule has 0 aliphatic carbocycles. The third-order valence-corrected chi connectivity index (χ3v) is 11.7. The van der Waals surface area contributed by atoms with E-state index >= 15 is 0 Å². The minimum atomic E-state index is -0.633. The van der Waals surface area contributed by atoms with Gasteiger partial charge in [-0.1, -0.05) is 119 Å². The van der Waals surface area contributed by atoms with Crippen LogP contribution >= 0.6 is 0 Å². The topological polar surface area (TPSA) is 314 Å². The first-order valence-corrected chi connectivity index (χ1v) is 29.9. The van der Waals surface area contributed by atoms with Gasteiger partial charge in [-0.05, 0) is 56.5 Å². The van der Waals surface area contributed by atoms with Crippen LogP contribution in [0.4, 0.5) is 0 Å². The van der Waals surface area contributed by atoms with Crippen LogP contribution in [0.5, 0.6) is 0 Å². The first kappa shape index (κ1) is 184. The van der Waals surface area contributed by atoms with Gasteiger partial charge in [-0.3, -0.25) is 49.6 Å². The molecule has 0 saturated carbocycles. The van der Waals surface area contributed by atoms with E-state index in [0.29, 0.717) is 80.9 Å². The molecule has 2 aliphatic rings. The molecule has 588 valence electrons. The Balaban J connectivity index is -0.0000000330. The molecule has 0 bridgehead atoms. The van der Waals surface area contributed by atoms with Crippen molar-refractivity contribution in [2.24, 2.45) is 11.8 Å². The van der Waals surface area contributed by atoms with Gasteiger partial charge >= 0.3 is 32.7 Å². The van der Waals surface area contributed by atoms with Crippen LogP contribution < -0.4 is 0 Å². The van der Waals surface area contributed by atoms with Crippen molar-refractivity contribution in [3.8, 4) is 11.8 Å². The molecule has 0 aromatic rings. The summed E-state index contributed by atoms with van der Waals surface area (Å²) in [5, 5.41) is 0. The Morgan fingerprint density at radius 3 is 1.07 bits per heavy atom. The molecule has 0 fully saturated rings. The number of Topliss-reactive ketones (excluding diaryl/α,β-unsaturated/α-hetero) is 12. The van der Waals surface area contributed by atoms with Crippen LogP contribution in [0.1, 0.15) is 199 Å². The van der Waals surface area contributed by atoms with Crippen molar-refractivity contribution in [1.82, 2.24) is 9.80 Å². The first-order valence-electron chi connectivity index (χ1n) is 29.9. The SMILES string of the molecule is CCC(=O)[CH-][C@H](CC)C(=O)CC.CCCC(=O)C[CH-]C(=O)CC.CC[C-]=O.CC[C@@H]([CH-]C(=O)CCN1C(=O)C=CC1=O)C(=O)CCN1C(=O)C=CC1=O.[CH2-]C(=O)/C(C)=C(/C)C(=O)CCC.[CH2-]C(=O)/C=C(/C)C(=O)CCC.[CH2-]C(=O)C#CC(=O)CCC.[CH2-]C([CH2-])=O.[CH3-].[CH3-].[CH3-].[CH3-].[CH3-].[CH3-].[Y+3].[Y].[Y].[Y].[Y].[Y].[Y].[Y].[Y].[Y].[Y].[Y].[Y]. The largest absolute Gasteiger partial charge is 3.00 e. The number of allylic oxidation sites excluding steroid dienone is 4. The standard InChI is InChI=1S/C18H19N2O6.C10H15O2.C10H17O2.C9H13O2.C9H15O2.C8H9O2.C3H4O.C3H5O.6CH3.13Y/c1-2-12(14(22)8-10-20-17(25)5-6-18(20)26)11-13(21)7-9-19-15(23)3-4-16(19)24;1-5-6-10(12)8(3)7(2)9(4)11;1-4-8(10(12)6-3)7-9(11)5-2;1-4-5-9(11)7(2)6-8(3)10;1-3-5-9(11)7-6-8(10)4-2;1-3-4-8(10)6-5-7(2)9;1-3(2)4;1-2-3-4;;;;;;;;;;;;;;;;;;;/h3-6,11-12H,2,7-10H2,1H3;4-6H2,1-3H3;7-8H,4-6H2,1-3H3;6H,3-5H2,1-2H3;6H,3-5,7H2,1-2H3;2-4H2,1H3;1-2H2;2H2,1H3;6*1H3;;;;;;;;;;;;;/q6*-1;-2;7*-1;;;;;;;;;;;;;+3/b;8-7-;;7-6-;;;;;;;;;;;;;;;;;;;;;;;/t12-;;8-;;;;;;;;;;;;;;;;;;;;;;;;/m0.0......................../s1. The van der Waals surface area contributed by atoms with Gasteiger partial charge in [-0.25, -0.2) is 5.92 Å². The molecule has 0 spiro atoms. The molecule has 2 atom stereocenters. The predicted molar refractivity (Wildman–Crippen MR) is 383 cm³/mol. The third-order valence-electron chi connectivity index (χ3n) is 11.7. The maximum atomic E-state index is 12.3. The Labute approximate surface area is 988 Å². The van der Waals surface area contributed by atoms with Crippen molar-refractivity contribution < 1.29 is 512 Å². The van der Waals surface area contributed by atoms with Crippen molar-refractivity contribution in [3.63, 3.8) is 0 Å². The Morgan fingerprint density at radius 2 is 0.780 bits per heavy atom. The van der Waals surface area contributed by atoms with E-state index in [1.807, 2.05) is 48.5 Å². The van der Waals surface area contributed by atoms with Crippen molar-refractivity contribution in [2.75, 3.05) is 13.1 Å². The van der Waals surface area contributed by atoms with E-state index in [4.69, 9.17) is 4.79 Å². The molecule has 33 heteroatoms. The average Bonchev–Trinajstić information content (AvgIpc) is 1.77. The smallest absolute Gasteiger partial charge is 0.542 e. The Morgan fingerprint density at radius 1 is 0.450 bits per heavy atom. The van der Waals surface area contributed by atoms with Gasteiger partial charge in [0.2, 0.25) is 0 Å². The summed E-state index contributed by atoms with van der Waals surface area (Å²) in [6.45, 7) is 38.7. The zero-order valence-corrected chi connectivity index (χ0v) is 106. The van der Waals surface area contributed by atoms with Crippen LogP contribution in [0.3, 0.4) is 0 Å². The van der Waals surface area contributed by atoms with Gasteiger partial charge < -0.3 is 130 Å².